The Balaban J connectivity index is 1.91. The first-order valence-electron chi connectivity index (χ1n) is 8.14. The SMILES string of the molecule is N#CC1(N2C(=O)C3CC=CCC3C2=O)CCCCCCC1. The molecule has 0 spiro atoms. The number of nitrogens with zero attached hydrogens (tertiary/aromatic N) is 2. The minimum atomic E-state index is -0.883. The molecule has 21 heavy (non-hydrogen) atoms. The van der Waals surface area contributed by atoms with Crippen LogP contribution in [0.4, 0.5) is 0 Å². The van der Waals surface area contributed by atoms with Gasteiger partial charge < -0.3 is 0 Å². The van der Waals surface area contributed by atoms with Crippen molar-refractivity contribution in [1.29, 1.82) is 5.26 Å². The minimum absolute atomic E-state index is 0.100. The van der Waals surface area contributed by atoms with Crippen LogP contribution in [0, 0.1) is 23.2 Å². The summed E-state index contributed by atoms with van der Waals surface area (Å²) < 4.78 is 0. The smallest absolute Gasteiger partial charge is 0.234 e. The van der Waals surface area contributed by atoms with Gasteiger partial charge in [0.2, 0.25) is 11.8 Å². The molecular formula is C17H22N2O2. The molecule has 0 bridgehead atoms. The number of hydrogen-bond acceptors (Lipinski definition) is 3. The number of likely N-dealkylation sites (tertiary alicyclic amines) is 1. The normalized spacial score (nSPS) is 32.2. The van der Waals surface area contributed by atoms with Crippen molar-refractivity contribution in [3.05, 3.63) is 12.2 Å². The van der Waals surface area contributed by atoms with E-state index in [1.807, 2.05) is 12.2 Å². The number of allylic oxidation sites excluding steroid dienone is 2. The summed E-state index contributed by atoms with van der Waals surface area (Å²) in [4.78, 5) is 26.8. The number of imide groups is 1. The van der Waals surface area contributed by atoms with Gasteiger partial charge in [-0.15, -0.1) is 0 Å². The molecule has 0 aromatic rings. The van der Waals surface area contributed by atoms with Crippen molar-refractivity contribution in [2.45, 2.75) is 63.3 Å². The van der Waals surface area contributed by atoms with E-state index in [2.05, 4.69) is 6.07 Å². The van der Waals surface area contributed by atoms with Crippen LogP contribution in [0.3, 0.4) is 0 Å². The van der Waals surface area contributed by atoms with E-state index >= 15 is 0 Å². The van der Waals surface area contributed by atoms with Gasteiger partial charge >= 0.3 is 0 Å². The number of amides is 2. The molecule has 1 aliphatic heterocycles. The van der Waals surface area contributed by atoms with Gasteiger partial charge in [-0.1, -0.05) is 44.3 Å². The van der Waals surface area contributed by atoms with Gasteiger partial charge in [0.05, 0.1) is 17.9 Å². The minimum Gasteiger partial charge on any atom is -0.274 e. The molecule has 3 aliphatic rings. The summed E-state index contributed by atoms with van der Waals surface area (Å²) >= 11 is 0. The van der Waals surface area contributed by atoms with Gasteiger partial charge in [-0.2, -0.15) is 5.26 Å². The second-order valence-corrected chi connectivity index (χ2v) is 6.58. The van der Waals surface area contributed by atoms with Gasteiger partial charge in [0.25, 0.3) is 0 Å². The maximum absolute atomic E-state index is 12.7. The van der Waals surface area contributed by atoms with Crippen LogP contribution < -0.4 is 0 Å². The van der Waals surface area contributed by atoms with Crippen LogP contribution in [0.15, 0.2) is 12.2 Å². The van der Waals surface area contributed by atoms with Gasteiger partial charge in [0.15, 0.2) is 0 Å². The highest BCUT2D eigenvalue weighted by Crippen LogP contribution is 2.42. The molecule has 4 heteroatoms. The zero-order chi connectivity index (χ0) is 14.9. The van der Waals surface area contributed by atoms with Gasteiger partial charge in [0, 0.05) is 0 Å². The fourth-order valence-electron chi connectivity index (χ4n) is 4.10. The Morgan fingerprint density at radius 2 is 1.43 bits per heavy atom. The summed E-state index contributed by atoms with van der Waals surface area (Å²) in [5.74, 6) is -0.649. The van der Waals surface area contributed by atoms with Crippen molar-refractivity contribution in [1.82, 2.24) is 4.90 Å². The summed E-state index contributed by atoms with van der Waals surface area (Å²) in [5.41, 5.74) is -0.883. The lowest BCUT2D eigenvalue weighted by Gasteiger charge is -2.36. The second-order valence-electron chi connectivity index (χ2n) is 6.58. The zero-order valence-corrected chi connectivity index (χ0v) is 12.4. The van der Waals surface area contributed by atoms with Crippen LogP contribution in [-0.4, -0.2) is 22.3 Å². The molecule has 4 nitrogen and oxygen atoms in total. The van der Waals surface area contributed by atoms with E-state index in [1.54, 1.807) is 0 Å². The lowest BCUT2D eigenvalue weighted by molar-refractivity contribution is -0.145. The molecule has 0 aromatic heterocycles. The van der Waals surface area contributed by atoms with Gasteiger partial charge in [-0.3, -0.25) is 14.5 Å². The third-order valence-electron chi connectivity index (χ3n) is 5.32. The molecule has 2 amide bonds. The summed E-state index contributed by atoms with van der Waals surface area (Å²) in [6.45, 7) is 0. The summed E-state index contributed by atoms with van der Waals surface area (Å²) in [5, 5.41) is 9.78. The maximum Gasteiger partial charge on any atom is 0.234 e. The predicted octanol–water partition coefficient (Wildman–Crippen LogP) is 2.94. The molecule has 3 rings (SSSR count). The molecular weight excluding hydrogens is 264 g/mol. The van der Waals surface area contributed by atoms with Crippen molar-refractivity contribution >= 4 is 11.8 Å². The number of fused-ring (bicyclic) bond motifs is 1. The second kappa shape index (κ2) is 5.63. The van der Waals surface area contributed by atoms with E-state index < -0.39 is 5.54 Å². The van der Waals surface area contributed by atoms with E-state index in [1.165, 1.54) is 11.3 Å². The standard InChI is InChI=1S/C17H22N2O2/c18-12-17(10-6-2-1-3-7-11-17)19-15(20)13-8-4-5-9-14(13)16(19)21/h4-5,13-14H,1-3,6-11H2. The Bertz CT molecular complexity index is 483. The summed E-state index contributed by atoms with van der Waals surface area (Å²) in [7, 11) is 0. The first kappa shape index (κ1) is 14.3. The van der Waals surface area contributed by atoms with Crippen LogP contribution >= 0.6 is 0 Å². The van der Waals surface area contributed by atoms with Crippen LogP contribution in [-0.2, 0) is 9.59 Å². The summed E-state index contributed by atoms with van der Waals surface area (Å²) in [6.07, 6.45) is 11.8. The molecule has 112 valence electrons. The highest BCUT2D eigenvalue weighted by molar-refractivity contribution is 6.06. The average Bonchev–Trinajstić information content (AvgIpc) is 2.73. The fourth-order valence-corrected chi connectivity index (χ4v) is 4.10. The molecule has 0 N–H and O–H groups in total. The van der Waals surface area contributed by atoms with Gasteiger partial charge in [0.1, 0.15) is 5.54 Å². The van der Waals surface area contributed by atoms with Crippen molar-refractivity contribution in [3.63, 3.8) is 0 Å². The topological polar surface area (TPSA) is 61.2 Å². The quantitative estimate of drug-likeness (QED) is 0.550. The third kappa shape index (κ3) is 2.29. The largest absolute Gasteiger partial charge is 0.274 e. The zero-order valence-electron chi connectivity index (χ0n) is 12.4. The molecule has 1 saturated carbocycles. The van der Waals surface area contributed by atoms with E-state index in [0.29, 0.717) is 25.7 Å². The Kier molecular flexibility index (Phi) is 3.84. The van der Waals surface area contributed by atoms with Crippen molar-refractivity contribution in [2.75, 3.05) is 0 Å². The summed E-state index contributed by atoms with van der Waals surface area (Å²) in [6, 6.07) is 2.36. The van der Waals surface area contributed by atoms with Crippen LogP contribution in [0.1, 0.15) is 57.8 Å². The third-order valence-corrected chi connectivity index (χ3v) is 5.32. The maximum atomic E-state index is 12.7. The Labute approximate surface area is 125 Å². The highest BCUT2D eigenvalue weighted by Gasteiger charge is 2.55. The van der Waals surface area contributed by atoms with E-state index in [-0.39, 0.29) is 23.7 Å². The Morgan fingerprint density at radius 3 is 1.90 bits per heavy atom. The Morgan fingerprint density at radius 1 is 0.952 bits per heavy atom. The molecule has 1 heterocycles. The highest BCUT2D eigenvalue weighted by atomic mass is 16.2. The molecule has 2 atom stereocenters. The van der Waals surface area contributed by atoms with E-state index in [9.17, 15) is 14.9 Å². The molecule has 2 fully saturated rings. The molecule has 0 radical (unpaired) electrons. The number of rotatable bonds is 1. The molecule has 2 aliphatic carbocycles. The lowest BCUT2D eigenvalue weighted by Crippen LogP contribution is -2.51. The van der Waals surface area contributed by atoms with E-state index in [4.69, 9.17) is 0 Å². The van der Waals surface area contributed by atoms with E-state index in [0.717, 1.165) is 25.7 Å². The number of carbonyl (C=O) groups is 2. The average molecular weight is 286 g/mol. The van der Waals surface area contributed by atoms with Crippen LogP contribution in [0.25, 0.3) is 0 Å². The first-order chi connectivity index (χ1) is 10.2. The first-order valence-corrected chi connectivity index (χ1v) is 8.14. The molecule has 0 aromatic carbocycles. The van der Waals surface area contributed by atoms with Gasteiger partial charge in [-0.25, -0.2) is 0 Å². The molecule has 1 saturated heterocycles. The number of hydrogen-bond donors (Lipinski definition) is 0. The lowest BCUT2D eigenvalue weighted by atomic mass is 9.83. The monoisotopic (exact) mass is 286 g/mol. The molecule has 2 unspecified atom stereocenters. The van der Waals surface area contributed by atoms with Crippen molar-refractivity contribution in [2.24, 2.45) is 11.8 Å². The Hall–Kier alpha value is -1.63. The van der Waals surface area contributed by atoms with Crippen molar-refractivity contribution in [3.8, 4) is 6.07 Å². The van der Waals surface area contributed by atoms with Crippen molar-refractivity contribution < 1.29 is 9.59 Å². The van der Waals surface area contributed by atoms with Gasteiger partial charge in [-0.05, 0) is 25.7 Å². The van der Waals surface area contributed by atoms with Crippen LogP contribution in [0.5, 0.6) is 0 Å². The van der Waals surface area contributed by atoms with Crippen LogP contribution in [0.2, 0.25) is 0 Å². The fraction of sp³-hybridized carbons (Fsp3) is 0.706. The number of nitriles is 1. The predicted molar refractivity (Wildman–Crippen MR) is 77.9 cm³/mol. The number of carbonyl (C=O) groups excluding carboxylic acids is 2.